The van der Waals surface area contributed by atoms with Crippen molar-refractivity contribution in [3.63, 3.8) is 0 Å². The highest BCUT2D eigenvalue weighted by atomic mass is 16.5. The zero-order valence-corrected chi connectivity index (χ0v) is 12.4. The third-order valence-electron chi connectivity index (χ3n) is 2.79. The van der Waals surface area contributed by atoms with Gasteiger partial charge in [-0.15, -0.1) is 0 Å². The van der Waals surface area contributed by atoms with Gasteiger partial charge in [0.1, 0.15) is 0 Å². The summed E-state index contributed by atoms with van der Waals surface area (Å²) in [5, 5.41) is 3.93. The summed E-state index contributed by atoms with van der Waals surface area (Å²) in [6.07, 6.45) is 4.62. The fourth-order valence-corrected chi connectivity index (χ4v) is 1.77. The van der Waals surface area contributed by atoms with Crippen LogP contribution >= 0.6 is 0 Å². The zero-order valence-electron chi connectivity index (χ0n) is 12.4. The van der Waals surface area contributed by atoms with E-state index in [0.717, 1.165) is 5.56 Å². The summed E-state index contributed by atoms with van der Waals surface area (Å²) in [5.41, 5.74) is 3.68. The Kier molecular flexibility index (Phi) is 5.48. The van der Waals surface area contributed by atoms with E-state index in [-0.39, 0.29) is 5.91 Å². The van der Waals surface area contributed by atoms with Crippen LogP contribution in [0.4, 0.5) is 0 Å². The third kappa shape index (κ3) is 4.05. The molecule has 0 aliphatic carbocycles. The maximum Gasteiger partial charge on any atom is 0.272 e. The van der Waals surface area contributed by atoms with Crippen molar-refractivity contribution in [1.82, 2.24) is 10.4 Å². The van der Waals surface area contributed by atoms with E-state index in [4.69, 9.17) is 9.47 Å². The van der Waals surface area contributed by atoms with Gasteiger partial charge in [-0.05, 0) is 42.8 Å². The molecule has 0 fully saturated rings. The fraction of sp³-hybridized carbons (Fsp3) is 0.188. The molecule has 6 heteroatoms. The molecule has 114 valence electrons. The van der Waals surface area contributed by atoms with E-state index in [2.05, 4.69) is 15.5 Å². The van der Waals surface area contributed by atoms with Crippen molar-refractivity contribution >= 4 is 12.1 Å². The maximum atomic E-state index is 11.8. The lowest BCUT2D eigenvalue weighted by atomic mass is 10.2. The number of nitrogens with zero attached hydrogens (tertiary/aromatic N) is 2. The number of pyridine rings is 1. The summed E-state index contributed by atoms with van der Waals surface area (Å²) in [6.45, 7) is 2.43. The summed E-state index contributed by atoms with van der Waals surface area (Å²) in [4.78, 5) is 15.7. The first-order chi connectivity index (χ1) is 10.7. The van der Waals surface area contributed by atoms with Crippen LogP contribution in [0.2, 0.25) is 0 Å². The first-order valence-corrected chi connectivity index (χ1v) is 6.79. The predicted molar refractivity (Wildman–Crippen MR) is 83.5 cm³/mol. The molecular formula is C16H17N3O3. The molecule has 1 N–H and O–H groups in total. The summed E-state index contributed by atoms with van der Waals surface area (Å²) in [7, 11) is 1.58. The second-order valence-corrected chi connectivity index (χ2v) is 4.28. The molecule has 1 heterocycles. The van der Waals surface area contributed by atoms with Crippen LogP contribution in [-0.4, -0.2) is 30.8 Å². The molecule has 1 aromatic carbocycles. The van der Waals surface area contributed by atoms with Crippen LogP contribution in [0.15, 0.2) is 47.8 Å². The average molecular weight is 299 g/mol. The minimum atomic E-state index is -0.317. The Morgan fingerprint density at radius 2 is 2.23 bits per heavy atom. The molecule has 0 bridgehead atoms. The van der Waals surface area contributed by atoms with Gasteiger partial charge in [-0.3, -0.25) is 9.78 Å². The second kappa shape index (κ2) is 7.78. The highest BCUT2D eigenvalue weighted by Crippen LogP contribution is 2.27. The smallest absolute Gasteiger partial charge is 0.272 e. The van der Waals surface area contributed by atoms with Crippen LogP contribution in [0.1, 0.15) is 22.8 Å². The number of carbonyl (C=O) groups excluding carboxylic acids is 1. The second-order valence-electron chi connectivity index (χ2n) is 4.28. The van der Waals surface area contributed by atoms with Crippen LogP contribution < -0.4 is 14.9 Å². The van der Waals surface area contributed by atoms with Gasteiger partial charge in [0.05, 0.1) is 25.5 Å². The van der Waals surface area contributed by atoms with E-state index >= 15 is 0 Å². The number of nitrogens with one attached hydrogen (secondary N) is 1. The van der Waals surface area contributed by atoms with Gasteiger partial charge < -0.3 is 9.47 Å². The lowest BCUT2D eigenvalue weighted by Gasteiger charge is -2.09. The molecule has 0 spiro atoms. The number of hydrogen-bond donors (Lipinski definition) is 1. The third-order valence-corrected chi connectivity index (χ3v) is 2.79. The number of aromatic nitrogens is 1. The van der Waals surface area contributed by atoms with Crippen LogP contribution in [-0.2, 0) is 0 Å². The van der Waals surface area contributed by atoms with E-state index < -0.39 is 0 Å². The number of hydrogen-bond acceptors (Lipinski definition) is 5. The van der Waals surface area contributed by atoms with E-state index in [0.29, 0.717) is 23.7 Å². The Bertz CT molecular complexity index is 657. The number of rotatable bonds is 6. The van der Waals surface area contributed by atoms with Gasteiger partial charge in [0.2, 0.25) is 0 Å². The number of hydrazone groups is 1. The minimum absolute atomic E-state index is 0.317. The summed E-state index contributed by atoms with van der Waals surface area (Å²) < 4.78 is 10.7. The molecule has 0 saturated heterocycles. The molecule has 0 atom stereocenters. The number of ether oxygens (including phenoxy) is 2. The number of amides is 1. The van der Waals surface area contributed by atoms with E-state index in [1.165, 1.54) is 12.4 Å². The summed E-state index contributed by atoms with van der Waals surface area (Å²) in [5.74, 6) is 0.967. The largest absolute Gasteiger partial charge is 0.493 e. The molecule has 0 aliphatic heterocycles. The van der Waals surface area contributed by atoms with E-state index in [1.807, 2.05) is 13.0 Å². The van der Waals surface area contributed by atoms with Gasteiger partial charge in [0.15, 0.2) is 11.5 Å². The number of carbonyl (C=O) groups is 1. The topological polar surface area (TPSA) is 72.8 Å². The molecule has 1 aromatic heterocycles. The van der Waals surface area contributed by atoms with Crippen molar-refractivity contribution in [3.8, 4) is 11.5 Å². The number of methoxy groups -OCH3 is 1. The van der Waals surface area contributed by atoms with Gasteiger partial charge in [0.25, 0.3) is 5.91 Å². The lowest BCUT2D eigenvalue weighted by Crippen LogP contribution is -2.17. The molecule has 0 unspecified atom stereocenters. The Labute approximate surface area is 128 Å². The highest BCUT2D eigenvalue weighted by molar-refractivity contribution is 5.94. The molecule has 1 amide bonds. The van der Waals surface area contributed by atoms with Crippen LogP contribution in [0, 0.1) is 0 Å². The van der Waals surface area contributed by atoms with E-state index in [9.17, 15) is 4.79 Å². The van der Waals surface area contributed by atoms with Crippen molar-refractivity contribution in [1.29, 1.82) is 0 Å². The number of benzene rings is 1. The molecule has 6 nitrogen and oxygen atoms in total. The quantitative estimate of drug-likeness (QED) is 0.656. The predicted octanol–water partition coefficient (Wildman–Crippen LogP) is 2.25. The minimum Gasteiger partial charge on any atom is -0.493 e. The Morgan fingerprint density at radius 1 is 1.36 bits per heavy atom. The van der Waals surface area contributed by atoms with Crippen LogP contribution in [0.3, 0.4) is 0 Å². The van der Waals surface area contributed by atoms with Crippen molar-refractivity contribution in [2.75, 3.05) is 13.7 Å². The Hall–Kier alpha value is -2.89. The van der Waals surface area contributed by atoms with Gasteiger partial charge in [0, 0.05) is 12.4 Å². The summed E-state index contributed by atoms with van der Waals surface area (Å²) >= 11 is 0. The molecule has 2 aromatic rings. The van der Waals surface area contributed by atoms with Crippen LogP contribution in [0.5, 0.6) is 11.5 Å². The molecule has 22 heavy (non-hydrogen) atoms. The zero-order chi connectivity index (χ0) is 15.8. The highest BCUT2D eigenvalue weighted by Gasteiger charge is 2.05. The van der Waals surface area contributed by atoms with Crippen molar-refractivity contribution < 1.29 is 14.3 Å². The fourth-order valence-electron chi connectivity index (χ4n) is 1.77. The molecular weight excluding hydrogens is 282 g/mol. The molecule has 2 rings (SSSR count). The average Bonchev–Trinajstić information content (AvgIpc) is 2.56. The van der Waals surface area contributed by atoms with Crippen LogP contribution in [0.25, 0.3) is 0 Å². The Balaban J connectivity index is 2.04. The monoisotopic (exact) mass is 299 g/mol. The van der Waals surface area contributed by atoms with Crippen molar-refractivity contribution in [3.05, 3.63) is 53.9 Å². The summed E-state index contributed by atoms with van der Waals surface area (Å²) in [6, 6.07) is 8.76. The lowest BCUT2D eigenvalue weighted by molar-refractivity contribution is 0.0955. The van der Waals surface area contributed by atoms with Gasteiger partial charge in [-0.2, -0.15) is 5.10 Å². The Morgan fingerprint density at radius 3 is 2.91 bits per heavy atom. The van der Waals surface area contributed by atoms with Crippen molar-refractivity contribution in [2.45, 2.75) is 6.92 Å². The first-order valence-electron chi connectivity index (χ1n) is 6.79. The molecule has 0 aliphatic rings. The maximum absolute atomic E-state index is 11.8. The molecule has 0 radical (unpaired) electrons. The SMILES string of the molecule is CCOc1cc(C=NNC(=O)c2cccnc2)ccc1OC. The molecule has 0 saturated carbocycles. The first kappa shape index (κ1) is 15.5. The van der Waals surface area contributed by atoms with Gasteiger partial charge >= 0.3 is 0 Å². The standard InChI is InChI=1S/C16H17N3O3/c1-3-22-15-9-12(6-7-14(15)21-2)10-18-19-16(20)13-5-4-8-17-11-13/h4-11H,3H2,1-2H3,(H,19,20). The normalized spacial score (nSPS) is 10.5. The van der Waals surface area contributed by atoms with Gasteiger partial charge in [-0.25, -0.2) is 5.43 Å². The van der Waals surface area contributed by atoms with Gasteiger partial charge in [-0.1, -0.05) is 0 Å². The van der Waals surface area contributed by atoms with Crippen molar-refractivity contribution in [2.24, 2.45) is 5.10 Å². The van der Waals surface area contributed by atoms with E-state index in [1.54, 1.807) is 37.6 Å².